The quantitative estimate of drug-likeness (QED) is 0.303. The highest BCUT2D eigenvalue weighted by Gasteiger charge is 2.27. The van der Waals surface area contributed by atoms with Crippen molar-refractivity contribution in [2.45, 2.75) is 33.1 Å². The molecule has 0 amide bonds. The maximum absolute atomic E-state index is 12.8. The molecule has 0 aromatic heterocycles. The lowest BCUT2D eigenvalue weighted by molar-refractivity contribution is 0.0818. The topological polar surface area (TPSA) is 21.7 Å². The molecule has 37 heavy (non-hydrogen) atoms. The molecular formula is C33H36FNO2. The summed E-state index contributed by atoms with van der Waals surface area (Å²) in [5, 5.41) is 0. The lowest BCUT2D eigenvalue weighted by Gasteiger charge is -2.37. The first kappa shape index (κ1) is 25.3. The highest BCUT2D eigenvalue weighted by Crippen LogP contribution is 2.42. The van der Waals surface area contributed by atoms with E-state index in [1.165, 1.54) is 33.4 Å². The number of halogens is 1. The van der Waals surface area contributed by atoms with Gasteiger partial charge in [-0.05, 0) is 95.8 Å². The number of methoxy groups -OCH3 is 1. The molecule has 0 N–H and O–H groups in total. The molecule has 2 aliphatic rings. The van der Waals surface area contributed by atoms with Gasteiger partial charge in [0.2, 0.25) is 0 Å². The standard InChI is InChI=1S/C33H36FNO2/c1-22-8-5-6-10-29(22)31-11-7-9-26-16-28(36-4)14-15-30(26)33(31)27-13-12-23(2)32(17-27)37-24(3)19-35-20-25(18-34)21-35/h5-6,8,10,12-17,25H,3,7,9,11,18-21H2,1-2,4H3. The molecule has 1 saturated heterocycles. The lowest BCUT2D eigenvalue weighted by Crippen LogP contribution is -2.48. The van der Waals surface area contributed by atoms with Crippen LogP contribution in [0.4, 0.5) is 4.39 Å². The fourth-order valence-electron chi connectivity index (χ4n) is 5.61. The molecule has 192 valence electrons. The Labute approximate surface area is 220 Å². The van der Waals surface area contributed by atoms with Gasteiger partial charge in [0.1, 0.15) is 17.3 Å². The van der Waals surface area contributed by atoms with E-state index in [1.54, 1.807) is 7.11 Å². The minimum atomic E-state index is -0.253. The summed E-state index contributed by atoms with van der Waals surface area (Å²) in [5.74, 6) is 2.55. The predicted octanol–water partition coefficient (Wildman–Crippen LogP) is 7.40. The van der Waals surface area contributed by atoms with Crippen LogP contribution in [0.15, 0.2) is 73.0 Å². The molecule has 1 heterocycles. The smallest absolute Gasteiger partial charge is 0.130 e. The Kier molecular flexibility index (Phi) is 7.48. The van der Waals surface area contributed by atoms with Crippen molar-refractivity contribution >= 4 is 11.1 Å². The van der Waals surface area contributed by atoms with E-state index >= 15 is 0 Å². The highest BCUT2D eigenvalue weighted by atomic mass is 19.1. The number of aryl methyl sites for hydroxylation is 3. The van der Waals surface area contributed by atoms with Crippen LogP contribution < -0.4 is 9.47 Å². The fourth-order valence-corrected chi connectivity index (χ4v) is 5.61. The second kappa shape index (κ2) is 10.9. The second-order valence-corrected chi connectivity index (χ2v) is 10.4. The van der Waals surface area contributed by atoms with E-state index in [4.69, 9.17) is 9.47 Å². The summed E-state index contributed by atoms with van der Waals surface area (Å²) in [7, 11) is 1.72. The van der Waals surface area contributed by atoms with Gasteiger partial charge < -0.3 is 9.47 Å². The van der Waals surface area contributed by atoms with Gasteiger partial charge in [0.15, 0.2) is 0 Å². The largest absolute Gasteiger partial charge is 0.497 e. The molecule has 4 heteroatoms. The molecule has 0 atom stereocenters. The van der Waals surface area contributed by atoms with Gasteiger partial charge in [0.25, 0.3) is 0 Å². The van der Waals surface area contributed by atoms with Crippen LogP contribution in [0.25, 0.3) is 11.1 Å². The van der Waals surface area contributed by atoms with E-state index in [9.17, 15) is 4.39 Å². The number of hydrogen-bond donors (Lipinski definition) is 0. The van der Waals surface area contributed by atoms with Crippen molar-refractivity contribution in [1.29, 1.82) is 0 Å². The van der Waals surface area contributed by atoms with Gasteiger partial charge in [0, 0.05) is 19.0 Å². The minimum Gasteiger partial charge on any atom is -0.497 e. The van der Waals surface area contributed by atoms with Crippen LogP contribution in [0, 0.1) is 19.8 Å². The summed E-state index contributed by atoms with van der Waals surface area (Å²) in [6.07, 6.45) is 3.08. The van der Waals surface area contributed by atoms with Gasteiger partial charge in [-0.3, -0.25) is 9.29 Å². The Bertz CT molecular complexity index is 1340. The van der Waals surface area contributed by atoms with E-state index in [-0.39, 0.29) is 12.6 Å². The summed E-state index contributed by atoms with van der Waals surface area (Å²) in [4.78, 5) is 2.18. The number of allylic oxidation sites excluding steroid dienone is 1. The average Bonchev–Trinajstić information content (AvgIpc) is 3.06. The number of fused-ring (bicyclic) bond motifs is 1. The molecule has 1 aliphatic carbocycles. The van der Waals surface area contributed by atoms with E-state index in [0.29, 0.717) is 12.3 Å². The third-order valence-electron chi connectivity index (χ3n) is 7.61. The van der Waals surface area contributed by atoms with Crippen molar-refractivity contribution in [3.63, 3.8) is 0 Å². The molecule has 3 nitrogen and oxygen atoms in total. The number of alkyl halides is 1. The monoisotopic (exact) mass is 497 g/mol. The third-order valence-corrected chi connectivity index (χ3v) is 7.61. The number of nitrogens with zero attached hydrogens (tertiary/aromatic N) is 1. The maximum atomic E-state index is 12.8. The van der Waals surface area contributed by atoms with Gasteiger partial charge in [0.05, 0.1) is 20.3 Å². The third kappa shape index (κ3) is 5.35. The molecule has 1 aliphatic heterocycles. The van der Waals surface area contributed by atoms with E-state index in [2.05, 4.69) is 86.0 Å². The predicted molar refractivity (Wildman–Crippen MR) is 150 cm³/mol. The number of benzene rings is 3. The first-order valence-electron chi connectivity index (χ1n) is 13.2. The summed E-state index contributed by atoms with van der Waals surface area (Å²) < 4.78 is 24.7. The Morgan fingerprint density at radius 1 is 0.973 bits per heavy atom. The van der Waals surface area contributed by atoms with Crippen molar-refractivity contribution in [1.82, 2.24) is 4.90 Å². The second-order valence-electron chi connectivity index (χ2n) is 10.4. The van der Waals surface area contributed by atoms with Gasteiger partial charge >= 0.3 is 0 Å². The lowest BCUT2D eigenvalue weighted by atomic mass is 9.86. The van der Waals surface area contributed by atoms with Crippen molar-refractivity contribution in [3.8, 4) is 11.5 Å². The van der Waals surface area contributed by atoms with Crippen molar-refractivity contribution < 1.29 is 13.9 Å². The molecule has 0 saturated carbocycles. The van der Waals surface area contributed by atoms with Crippen LogP contribution in [0.1, 0.15) is 46.2 Å². The van der Waals surface area contributed by atoms with E-state index in [1.807, 2.05) is 0 Å². The molecular weight excluding hydrogens is 461 g/mol. The molecule has 5 rings (SSSR count). The summed E-state index contributed by atoms with van der Waals surface area (Å²) in [6.45, 7) is 10.3. The van der Waals surface area contributed by atoms with Crippen molar-refractivity contribution in [3.05, 3.63) is 106 Å². The number of ether oxygens (including phenoxy) is 2. The van der Waals surface area contributed by atoms with E-state index in [0.717, 1.165) is 55.0 Å². The molecule has 3 aromatic rings. The van der Waals surface area contributed by atoms with Crippen LogP contribution >= 0.6 is 0 Å². The fraction of sp³-hybridized carbons (Fsp3) is 0.333. The Morgan fingerprint density at radius 2 is 1.78 bits per heavy atom. The van der Waals surface area contributed by atoms with Crippen molar-refractivity contribution in [2.75, 3.05) is 33.4 Å². The number of hydrogen-bond acceptors (Lipinski definition) is 3. The minimum absolute atomic E-state index is 0.151. The zero-order valence-corrected chi connectivity index (χ0v) is 22.1. The highest BCUT2D eigenvalue weighted by molar-refractivity contribution is 6.00. The van der Waals surface area contributed by atoms with E-state index < -0.39 is 0 Å². The summed E-state index contributed by atoms with van der Waals surface area (Å²) in [5.41, 5.74) is 9.98. The van der Waals surface area contributed by atoms with Gasteiger partial charge in [-0.25, -0.2) is 0 Å². The Morgan fingerprint density at radius 3 is 2.54 bits per heavy atom. The molecule has 3 aromatic carbocycles. The van der Waals surface area contributed by atoms with Gasteiger partial charge in [-0.1, -0.05) is 49.0 Å². The van der Waals surface area contributed by atoms with Crippen LogP contribution in [-0.4, -0.2) is 38.3 Å². The Hall–Kier alpha value is -3.37. The van der Waals surface area contributed by atoms with Gasteiger partial charge in [-0.2, -0.15) is 0 Å². The molecule has 0 unspecified atom stereocenters. The average molecular weight is 498 g/mol. The first-order chi connectivity index (χ1) is 18.0. The maximum Gasteiger partial charge on any atom is 0.130 e. The van der Waals surface area contributed by atoms with Crippen LogP contribution in [0.2, 0.25) is 0 Å². The zero-order valence-electron chi connectivity index (χ0n) is 22.1. The molecule has 1 fully saturated rings. The first-order valence-corrected chi connectivity index (χ1v) is 13.2. The van der Waals surface area contributed by atoms with Crippen LogP contribution in [-0.2, 0) is 6.42 Å². The van der Waals surface area contributed by atoms with Crippen LogP contribution in [0.5, 0.6) is 11.5 Å². The number of likely N-dealkylation sites (tertiary alicyclic amines) is 1. The molecule has 0 radical (unpaired) electrons. The normalized spacial score (nSPS) is 16.1. The van der Waals surface area contributed by atoms with Crippen molar-refractivity contribution in [2.24, 2.45) is 5.92 Å². The zero-order chi connectivity index (χ0) is 25.9. The Balaban J connectivity index is 1.56. The van der Waals surface area contributed by atoms with Crippen LogP contribution in [0.3, 0.4) is 0 Å². The molecule has 0 bridgehead atoms. The molecule has 0 spiro atoms. The van der Waals surface area contributed by atoms with Gasteiger partial charge in [-0.15, -0.1) is 0 Å². The SMILES string of the molecule is C=C(CN1CC(CF)C1)Oc1cc(C2=C(c3ccccc3C)CCCc3cc(OC)ccc32)ccc1C. The summed E-state index contributed by atoms with van der Waals surface area (Å²) >= 11 is 0. The summed E-state index contributed by atoms with van der Waals surface area (Å²) in [6, 6.07) is 21.6. The number of rotatable bonds is 8.